The minimum atomic E-state index is 0.0750. The highest BCUT2D eigenvalue weighted by Gasteiger charge is 2.13. The van der Waals surface area contributed by atoms with Crippen LogP contribution in [-0.4, -0.2) is 15.6 Å². The van der Waals surface area contributed by atoms with Gasteiger partial charge in [0.1, 0.15) is 6.54 Å². The first-order valence-electron chi connectivity index (χ1n) is 5.27. The molecule has 90 valence electrons. The number of Topliss-reactive ketones (excluding diaryl/α,β-unsaturated/α-hetero) is 1. The van der Waals surface area contributed by atoms with Gasteiger partial charge in [0.2, 0.25) is 0 Å². The van der Waals surface area contributed by atoms with Gasteiger partial charge in [-0.2, -0.15) is 5.10 Å². The number of carbonyl (C=O) groups excluding carboxylic acids is 1. The molecule has 0 aliphatic heterocycles. The van der Waals surface area contributed by atoms with Crippen molar-refractivity contribution in [1.82, 2.24) is 9.78 Å². The Morgan fingerprint density at radius 1 is 1.47 bits per heavy atom. The van der Waals surface area contributed by atoms with E-state index in [1.807, 2.05) is 26.8 Å². The number of rotatable bonds is 3. The largest absolute Gasteiger partial charge is 0.292 e. The number of thiophene rings is 1. The fraction of sp³-hybridized carbons (Fsp3) is 0.333. The molecule has 2 aromatic rings. The van der Waals surface area contributed by atoms with Crippen molar-refractivity contribution in [1.29, 1.82) is 0 Å². The fourth-order valence-electron chi connectivity index (χ4n) is 1.71. The van der Waals surface area contributed by atoms with E-state index in [1.165, 1.54) is 0 Å². The summed E-state index contributed by atoms with van der Waals surface area (Å²) in [5.41, 5.74) is 1.54. The molecule has 0 atom stereocenters. The number of halogens is 1. The lowest BCUT2D eigenvalue weighted by Crippen LogP contribution is -2.11. The number of hydrogen-bond donors (Lipinski definition) is 0. The highest BCUT2D eigenvalue weighted by Crippen LogP contribution is 2.21. The molecule has 0 N–H and O–H groups in total. The van der Waals surface area contributed by atoms with Crippen molar-refractivity contribution in [2.75, 3.05) is 0 Å². The highest BCUT2D eigenvalue weighted by atomic mass is 35.5. The molecule has 0 aliphatic carbocycles. The van der Waals surface area contributed by atoms with Crippen LogP contribution in [-0.2, 0) is 6.54 Å². The van der Waals surface area contributed by atoms with Crippen LogP contribution in [0.15, 0.2) is 12.3 Å². The lowest BCUT2D eigenvalue weighted by atomic mass is 10.1. The summed E-state index contributed by atoms with van der Waals surface area (Å²) >= 11 is 7.54. The Morgan fingerprint density at radius 2 is 2.18 bits per heavy atom. The monoisotopic (exact) mass is 268 g/mol. The van der Waals surface area contributed by atoms with Crippen LogP contribution in [0, 0.1) is 20.8 Å². The number of hydrogen-bond acceptors (Lipinski definition) is 3. The summed E-state index contributed by atoms with van der Waals surface area (Å²) in [4.78, 5) is 14.3. The van der Waals surface area contributed by atoms with Gasteiger partial charge in [0.15, 0.2) is 5.78 Å². The molecule has 0 amide bonds. The van der Waals surface area contributed by atoms with Crippen molar-refractivity contribution < 1.29 is 4.79 Å². The van der Waals surface area contributed by atoms with Crippen LogP contribution in [0.4, 0.5) is 0 Å². The van der Waals surface area contributed by atoms with Crippen LogP contribution >= 0.6 is 22.9 Å². The summed E-state index contributed by atoms with van der Waals surface area (Å²) in [7, 11) is 0. The molecule has 3 nitrogen and oxygen atoms in total. The molecule has 0 fully saturated rings. The Labute approximate surface area is 109 Å². The van der Waals surface area contributed by atoms with E-state index in [9.17, 15) is 4.79 Å². The molecular formula is C12H13ClN2OS. The molecule has 0 aromatic carbocycles. The highest BCUT2D eigenvalue weighted by molar-refractivity contribution is 7.12. The SMILES string of the molecule is Cc1cc(C(=O)Cn2cc(Cl)c(C)n2)c(C)s1. The number of nitrogens with zero attached hydrogens (tertiary/aromatic N) is 2. The van der Waals surface area contributed by atoms with E-state index in [4.69, 9.17) is 11.6 Å². The summed E-state index contributed by atoms with van der Waals surface area (Å²) in [5.74, 6) is 0.0750. The molecule has 2 heterocycles. The Bertz CT molecular complexity index is 552. The van der Waals surface area contributed by atoms with Crippen molar-refractivity contribution in [3.05, 3.63) is 38.3 Å². The van der Waals surface area contributed by atoms with Gasteiger partial charge in [0.25, 0.3) is 0 Å². The van der Waals surface area contributed by atoms with Gasteiger partial charge in [0, 0.05) is 21.5 Å². The zero-order chi connectivity index (χ0) is 12.6. The van der Waals surface area contributed by atoms with Crippen LogP contribution in [0.1, 0.15) is 25.8 Å². The van der Waals surface area contributed by atoms with Gasteiger partial charge >= 0.3 is 0 Å². The fourth-order valence-corrected chi connectivity index (χ4v) is 2.81. The van der Waals surface area contributed by atoms with Gasteiger partial charge in [-0.1, -0.05) is 11.6 Å². The van der Waals surface area contributed by atoms with Crippen LogP contribution in [0.3, 0.4) is 0 Å². The van der Waals surface area contributed by atoms with Gasteiger partial charge < -0.3 is 0 Å². The maximum atomic E-state index is 12.1. The van der Waals surface area contributed by atoms with Gasteiger partial charge in [0.05, 0.1) is 10.7 Å². The average molecular weight is 269 g/mol. The predicted octanol–water partition coefficient (Wildman–Crippen LogP) is 3.41. The van der Waals surface area contributed by atoms with E-state index in [0.29, 0.717) is 5.02 Å². The molecular weight excluding hydrogens is 256 g/mol. The van der Waals surface area contributed by atoms with Crippen molar-refractivity contribution in [2.45, 2.75) is 27.3 Å². The third kappa shape index (κ3) is 2.58. The van der Waals surface area contributed by atoms with E-state index >= 15 is 0 Å². The molecule has 0 saturated carbocycles. The molecule has 2 rings (SSSR count). The first-order valence-corrected chi connectivity index (χ1v) is 6.46. The van der Waals surface area contributed by atoms with E-state index in [1.54, 1.807) is 22.2 Å². The quantitative estimate of drug-likeness (QED) is 0.800. The zero-order valence-electron chi connectivity index (χ0n) is 9.95. The maximum absolute atomic E-state index is 12.1. The van der Waals surface area contributed by atoms with Gasteiger partial charge in [-0.15, -0.1) is 11.3 Å². The standard InChI is InChI=1S/C12H13ClN2OS/c1-7-4-10(9(3)17-7)12(16)6-15-5-11(13)8(2)14-15/h4-5H,6H2,1-3H3. The van der Waals surface area contributed by atoms with Gasteiger partial charge in [-0.05, 0) is 26.8 Å². The van der Waals surface area contributed by atoms with E-state index in [2.05, 4.69) is 5.10 Å². The van der Waals surface area contributed by atoms with Gasteiger partial charge in [-0.25, -0.2) is 0 Å². The number of ketones is 1. The van der Waals surface area contributed by atoms with Crippen molar-refractivity contribution in [3.8, 4) is 0 Å². The second-order valence-electron chi connectivity index (χ2n) is 4.01. The molecule has 0 aliphatic rings. The lowest BCUT2D eigenvalue weighted by Gasteiger charge is -2.00. The van der Waals surface area contributed by atoms with E-state index in [0.717, 1.165) is 21.0 Å². The summed E-state index contributed by atoms with van der Waals surface area (Å²) in [6.45, 7) is 6.03. The second-order valence-corrected chi connectivity index (χ2v) is 5.88. The molecule has 2 aromatic heterocycles. The average Bonchev–Trinajstić information content (AvgIpc) is 2.71. The molecule has 0 bridgehead atoms. The zero-order valence-corrected chi connectivity index (χ0v) is 11.5. The minimum absolute atomic E-state index is 0.0750. The summed E-state index contributed by atoms with van der Waals surface area (Å²) in [5, 5.41) is 4.77. The van der Waals surface area contributed by atoms with E-state index in [-0.39, 0.29) is 12.3 Å². The number of carbonyl (C=O) groups is 1. The normalized spacial score (nSPS) is 10.8. The molecule has 0 saturated heterocycles. The smallest absolute Gasteiger partial charge is 0.185 e. The topological polar surface area (TPSA) is 34.9 Å². The third-order valence-corrected chi connectivity index (χ3v) is 3.87. The van der Waals surface area contributed by atoms with Crippen molar-refractivity contribution >= 4 is 28.7 Å². The van der Waals surface area contributed by atoms with Gasteiger partial charge in [-0.3, -0.25) is 9.48 Å². The number of aromatic nitrogens is 2. The molecule has 5 heteroatoms. The minimum Gasteiger partial charge on any atom is -0.292 e. The summed E-state index contributed by atoms with van der Waals surface area (Å²) in [6.07, 6.45) is 1.68. The first-order chi connectivity index (χ1) is 7.97. The van der Waals surface area contributed by atoms with Crippen LogP contribution in [0.25, 0.3) is 0 Å². The number of aryl methyl sites for hydroxylation is 3. The third-order valence-electron chi connectivity index (χ3n) is 2.53. The van der Waals surface area contributed by atoms with E-state index < -0.39 is 0 Å². The Balaban J connectivity index is 2.19. The lowest BCUT2D eigenvalue weighted by molar-refractivity contribution is 0.0967. The Kier molecular flexibility index (Phi) is 3.35. The Hall–Kier alpha value is -1.13. The maximum Gasteiger partial charge on any atom is 0.185 e. The summed E-state index contributed by atoms with van der Waals surface area (Å²) < 4.78 is 1.59. The van der Waals surface area contributed by atoms with Crippen LogP contribution in [0.2, 0.25) is 5.02 Å². The van der Waals surface area contributed by atoms with Crippen LogP contribution < -0.4 is 0 Å². The summed E-state index contributed by atoms with van der Waals surface area (Å²) in [6, 6.07) is 1.93. The first kappa shape index (κ1) is 12.3. The molecule has 0 radical (unpaired) electrons. The van der Waals surface area contributed by atoms with Crippen molar-refractivity contribution in [3.63, 3.8) is 0 Å². The Morgan fingerprint density at radius 3 is 2.65 bits per heavy atom. The molecule has 17 heavy (non-hydrogen) atoms. The molecule has 0 unspecified atom stereocenters. The predicted molar refractivity (Wildman–Crippen MR) is 70.1 cm³/mol. The second kappa shape index (κ2) is 4.63. The van der Waals surface area contributed by atoms with Crippen molar-refractivity contribution in [2.24, 2.45) is 0 Å². The van der Waals surface area contributed by atoms with Crippen LogP contribution in [0.5, 0.6) is 0 Å². The molecule has 0 spiro atoms.